The van der Waals surface area contributed by atoms with Crippen molar-refractivity contribution in [1.82, 2.24) is 0 Å². The maximum atomic E-state index is 12.7. The molecule has 0 aromatic carbocycles. The SMILES string of the molecule is CC(CO)CSCC(=O)C12CC3CC(CC(C3)C1)C2. The number of carbonyl (C=O) groups is 1. The minimum Gasteiger partial charge on any atom is -0.396 e. The Balaban J connectivity index is 1.57. The highest BCUT2D eigenvalue weighted by Crippen LogP contribution is 2.60. The van der Waals surface area contributed by atoms with E-state index in [0.717, 1.165) is 23.5 Å². The third-order valence-corrected chi connectivity index (χ3v) is 6.85. The molecule has 4 aliphatic carbocycles. The van der Waals surface area contributed by atoms with Crippen molar-refractivity contribution in [3.05, 3.63) is 0 Å². The minimum absolute atomic E-state index is 0.0736. The summed E-state index contributed by atoms with van der Waals surface area (Å²) in [5.41, 5.74) is 0.0736. The lowest BCUT2D eigenvalue weighted by Gasteiger charge is -2.56. The highest BCUT2D eigenvalue weighted by molar-refractivity contribution is 7.99. The van der Waals surface area contributed by atoms with Crippen LogP contribution in [0.1, 0.15) is 45.4 Å². The molecule has 19 heavy (non-hydrogen) atoms. The van der Waals surface area contributed by atoms with E-state index in [1.807, 2.05) is 6.92 Å². The quantitative estimate of drug-likeness (QED) is 0.813. The molecule has 0 amide bonds. The van der Waals surface area contributed by atoms with E-state index in [1.54, 1.807) is 11.8 Å². The monoisotopic (exact) mass is 282 g/mol. The van der Waals surface area contributed by atoms with E-state index in [9.17, 15) is 4.79 Å². The average Bonchev–Trinajstić information content (AvgIpc) is 2.36. The Hall–Kier alpha value is -0.0200. The van der Waals surface area contributed by atoms with Gasteiger partial charge in [-0.1, -0.05) is 6.92 Å². The largest absolute Gasteiger partial charge is 0.396 e. The second kappa shape index (κ2) is 5.40. The average molecular weight is 282 g/mol. The van der Waals surface area contributed by atoms with Gasteiger partial charge in [-0.25, -0.2) is 0 Å². The van der Waals surface area contributed by atoms with Gasteiger partial charge >= 0.3 is 0 Å². The summed E-state index contributed by atoms with van der Waals surface area (Å²) < 4.78 is 0. The molecule has 4 aliphatic rings. The number of thioether (sulfide) groups is 1. The van der Waals surface area contributed by atoms with Crippen LogP contribution in [0.2, 0.25) is 0 Å². The number of hydrogen-bond acceptors (Lipinski definition) is 3. The van der Waals surface area contributed by atoms with Gasteiger partial charge in [-0.05, 0) is 67.9 Å². The fourth-order valence-electron chi connectivity index (χ4n) is 5.01. The van der Waals surface area contributed by atoms with Crippen LogP contribution in [0.5, 0.6) is 0 Å². The van der Waals surface area contributed by atoms with Gasteiger partial charge in [-0.2, -0.15) is 11.8 Å². The molecule has 1 N–H and O–H groups in total. The molecule has 0 spiro atoms. The van der Waals surface area contributed by atoms with Gasteiger partial charge in [0.25, 0.3) is 0 Å². The Labute approximate surface area is 120 Å². The van der Waals surface area contributed by atoms with Crippen molar-refractivity contribution in [3.8, 4) is 0 Å². The van der Waals surface area contributed by atoms with Gasteiger partial charge in [0.1, 0.15) is 5.78 Å². The molecule has 4 bridgehead atoms. The summed E-state index contributed by atoms with van der Waals surface area (Å²) >= 11 is 1.73. The molecule has 3 heteroatoms. The summed E-state index contributed by atoms with van der Waals surface area (Å²) in [6, 6.07) is 0. The zero-order valence-electron chi connectivity index (χ0n) is 11.9. The Morgan fingerprint density at radius 2 is 1.74 bits per heavy atom. The van der Waals surface area contributed by atoms with Crippen LogP contribution >= 0.6 is 11.8 Å². The molecular formula is C16H26O2S. The lowest BCUT2D eigenvalue weighted by atomic mass is 9.48. The van der Waals surface area contributed by atoms with Crippen LogP contribution < -0.4 is 0 Å². The maximum Gasteiger partial charge on any atom is 0.148 e. The van der Waals surface area contributed by atoms with Gasteiger partial charge in [0.15, 0.2) is 0 Å². The lowest BCUT2D eigenvalue weighted by molar-refractivity contribution is -0.141. The van der Waals surface area contributed by atoms with Gasteiger partial charge in [-0.15, -0.1) is 0 Å². The van der Waals surface area contributed by atoms with E-state index < -0.39 is 0 Å². The van der Waals surface area contributed by atoms with Crippen LogP contribution in [0.25, 0.3) is 0 Å². The molecule has 0 radical (unpaired) electrons. The second-order valence-corrected chi connectivity index (χ2v) is 8.45. The number of rotatable bonds is 6. The molecule has 4 fully saturated rings. The summed E-state index contributed by atoms with van der Waals surface area (Å²) in [4.78, 5) is 12.7. The topological polar surface area (TPSA) is 37.3 Å². The smallest absolute Gasteiger partial charge is 0.148 e. The van der Waals surface area contributed by atoms with Crippen LogP contribution in [0.3, 0.4) is 0 Å². The molecule has 4 rings (SSSR count). The number of ketones is 1. The zero-order chi connectivity index (χ0) is 13.5. The van der Waals surface area contributed by atoms with Crippen molar-refractivity contribution in [2.75, 3.05) is 18.1 Å². The van der Waals surface area contributed by atoms with Crippen molar-refractivity contribution in [2.45, 2.75) is 45.4 Å². The highest BCUT2D eigenvalue weighted by Gasteiger charge is 2.53. The van der Waals surface area contributed by atoms with Crippen molar-refractivity contribution in [3.63, 3.8) is 0 Å². The zero-order valence-corrected chi connectivity index (χ0v) is 12.8. The molecule has 0 heterocycles. The third-order valence-electron chi connectivity index (χ3n) is 5.58. The van der Waals surface area contributed by atoms with E-state index in [-0.39, 0.29) is 12.0 Å². The Morgan fingerprint density at radius 1 is 1.21 bits per heavy atom. The molecule has 0 aromatic heterocycles. The van der Waals surface area contributed by atoms with Gasteiger partial charge in [0, 0.05) is 12.0 Å². The van der Waals surface area contributed by atoms with Crippen molar-refractivity contribution in [2.24, 2.45) is 29.1 Å². The first-order chi connectivity index (χ1) is 9.11. The highest BCUT2D eigenvalue weighted by atomic mass is 32.2. The Bertz CT molecular complexity index is 317. The van der Waals surface area contributed by atoms with Gasteiger partial charge in [0.05, 0.1) is 5.75 Å². The van der Waals surface area contributed by atoms with E-state index in [2.05, 4.69) is 0 Å². The first kappa shape index (κ1) is 13.9. The summed E-state index contributed by atoms with van der Waals surface area (Å²) in [6.45, 7) is 2.28. The van der Waals surface area contributed by atoms with Crippen LogP contribution in [-0.4, -0.2) is 29.0 Å². The van der Waals surface area contributed by atoms with Crippen LogP contribution in [-0.2, 0) is 4.79 Å². The summed E-state index contributed by atoms with van der Waals surface area (Å²) in [7, 11) is 0. The van der Waals surface area contributed by atoms with Crippen molar-refractivity contribution < 1.29 is 9.90 Å². The minimum atomic E-state index is 0.0736. The molecule has 0 saturated heterocycles. The molecular weight excluding hydrogens is 256 g/mol. The number of Topliss-reactive ketones (excluding diaryl/α,β-unsaturated/α-hetero) is 1. The van der Waals surface area contributed by atoms with E-state index in [1.165, 1.54) is 38.5 Å². The summed E-state index contributed by atoms with van der Waals surface area (Å²) in [5.74, 6) is 5.01. The molecule has 0 aromatic rings. The van der Waals surface area contributed by atoms with E-state index in [4.69, 9.17) is 5.11 Å². The Kier molecular flexibility index (Phi) is 3.96. The predicted octanol–water partition coefficient (Wildman–Crippen LogP) is 3.13. The van der Waals surface area contributed by atoms with Crippen molar-refractivity contribution >= 4 is 17.5 Å². The Morgan fingerprint density at radius 3 is 2.21 bits per heavy atom. The summed E-state index contributed by atoms with van der Waals surface area (Å²) in [6.07, 6.45) is 7.78. The molecule has 1 atom stereocenters. The number of aliphatic hydroxyl groups excluding tert-OH is 1. The van der Waals surface area contributed by atoms with Crippen LogP contribution in [0.15, 0.2) is 0 Å². The maximum absolute atomic E-state index is 12.7. The first-order valence-corrected chi connectivity index (χ1v) is 8.98. The number of carbonyl (C=O) groups excluding carboxylic acids is 1. The molecule has 0 aliphatic heterocycles. The first-order valence-electron chi connectivity index (χ1n) is 7.83. The summed E-state index contributed by atoms with van der Waals surface area (Å²) in [5, 5.41) is 9.03. The van der Waals surface area contributed by atoms with Gasteiger partial charge in [0.2, 0.25) is 0 Å². The fraction of sp³-hybridized carbons (Fsp3) is 0.938. The normalized spacial score (nSPS) is 41.5. The lowest BCUT2D eigenvalue weighted by Crippen LogP contribution is -2.50. The molecule has 1 unspecified atom stereocenters. The van der Waals surface area contributed by atoms with Crippen LogP contribution in [0, 0.1) is 29.1 Å². The second-order valence-electron chi connectivity index (χ2n) is 7.42. The van der Waals surface area contributed by atoms with E-state index in [0.29, 0.717) is 17.5 Å². The van der Waals surface area contributed by atoms with E-state index >= 15 is 0 Å². The molecule has 108 valence electrons. The predicted molar refractivity (Wildman–Crippen MR) is 79.2 cm³/mol. The van der Waals surface area contributed by atoms with Crippen molar-refractivity contribution in [1.29, 1.82) is 0 Å². The third kappa shape index (κ3) is 2.73. The van der Waals surface area contributed by atoms with Crippen LogP contribution in [0.4, 0.5) is 0 Å². The van der Waals surface area contributed by atoms with Gasteiger partial charge < -0.3 is 5.11 Å². The van der Waals surface area contributed by atoms with Gasteiger partial charge in [-0.3, -0.25) is 4.79 Å². The molecule has 2 nitrogen and oxygen atoms in total. The fourth-order valence-corrected chi connectivity index (χ4v) is 6.13. The standard InChI is InChI=1S/C16H26O2S/c1-11(8-17)9-19-10-15(18)16-5-12-2-13(6-16)4-14(3-12)7-16/h11-14,17H,2-10H2,1H3. The number of hydrogen-bond donors (Lipinski definition) is 1. The number of aliphatic hydroxyl groups is 1. The molecule has 4 saturated carbocycles.